The van der Waals surface area contributed by atoms with Gasteiger partial charge in [-0.05, 0) is 61.2 Å². The molecule has 2 aromatic carbocycles. The Morgan fingerprint density at radius 3 is 2.26 bits per heavy atom. The van der Waals surface area contributed by atoms with Crippen molar-refractivity contribution in [2.45, 2.75) is 61.6 Å². The Morgan fingerprint density at radius 1 is 1.06 bits per heavy atom. The van der Waals surface area contributed by atoms with E-state index in [-0.39, 0.29) is 11.1 Å². The number of fused-ring (bicyclic) bond motifs is 2. The van der Waals surface area contributed by atoms with E-state index in [1.807, 2.05) is 6.07 Å². The van der Waals surface area contributed by atoms with Gasteiger partial charge in [0.2, 0.25) is 0 Å². The quantitative estimate of drug-likeness (QED) is 0.264. The highest BCUT2D eigenvalue weighted by Crippen LogP contribution is 2.60. The number of hydrogen-bond acceptors (Lipinski definition) is 5. The van der Waals surface area contributed by atoms with Crippen LogP contribution in [0.5, 0.6) is 0 Å². The van der Waals surface area contributed by atoms with Gasteiger partial charge < -0.3 is 9.84 Å². The largest absolute Gasteiger partial charge is 0.408 e. The molecule has 2 N–H and O–H groups in total. The fraction of sp³-hybridized carbons (Fsp3) is 0.500. The van der Waals surface area contributed by atoms with Crippen molar-refractivity contribution in [2.75, 3.05) is 13.1 Å². The van der Waals surface area contributed by atoms with Crippen LogP contribution in [-0.4, -0.2) is 34.8 Å². The number of nitrogens with zero attached hydrogens (tertiary/aromatic N) is 1. The number of rotatable bonds is 2. The monoisotopic (exact) mass is 550 g/mol. The van der Waals surface area contributed by atoms with Gasteiger partial charge in [0, 0.05) is 25.0 Å². The summed E-state index contributed by atoms with van der Waals surface area (Å²) in [7, 11) is 0. The van der Waals surface area contributed by atoms with Crippen LogP contribution in [0.1, 0.15) is 49.4 Å². The molecular formula is C24H24Cl2F4N2O2S. The van der Waals surface area contributed by atoms with Gasteiger partial charge in [0.1, 0.15) is 5.60 Å². The number of likely N-dealkylation sites (tertiary alicyclic amines) is 1. The molecule has 3 aliphatic heterocycles. The minimum absolute atomic E-state index is 0.00449. The van der Waals surface area contributed by atoms with Gasteiger partial charge in [-0.3, -0.25) is 4.90 Å². The second-order valence-corrected chi connectivity index (χ2v) is 12.4. The average molecular weight is 551 g/mol. The Labute approximate surface area is 215 Å². The van der Waals surface area contributed by atoms with Gasteiger partial charge in [-0.15, -0.1) is 0 Å². The third-order valence-corrected chi connectivity index (χ3v) is 9.18. The van der Waals surface area contributed by atoms with Crippen molar-refractivity contribution in [1.82, 2.24) is 9.62 Å². The van der Waals surface area contributed by atoms with E-state index in [1.54, 1.807) is 12.1 Å². The summed E-state index contributed by atoms with van der Waals surface area (Å²) in [5, 5.41) is 10.3. The summed E-state index contributed by atoms with van der Waals surface area (Å²) in [6.07, 6.45) is -5.55. The van der Waals surface area contributed by atoms with Crippen molar-refractivity contribution in [3.8, 4) is 0 Å². The molecule has 2 fully saturated rings. The number of ether oxygens (including phenoxy) is 1. The van der Waals surface area contributed by atoms with E-state index >= 15 is 0 Å². The summed E-state index contributed by atoms with van der Waals surface area (Å²) in [5.74, 6) is -0.991. The molecule has 0 radical (unpaired) electrons. The minimum atomic E-state index is -4.80. The molecule has 0 saturated carbocycles. The molecule has 2 saturated heterocycles. The molecule has 190 valence electrons. The second kappa shape index (κ2) is 7.96. The predicted molar refractivity (Wildman–Crippen MR) is 128 cm³/mol. The Morgan fingerprint density at radius 2 is 1.69 bits per heavy atom. The molecule has 0 bridgehead atoms. The van der Waals surface area contributed by atoms with Gasteiger partial charge in [0.05, 0.1) is 16.7 Å². The van der Waals surface area contributed by atoms with E-state index < -0.39 is 44.5 Å². The Kier molecular flexibility index (Phi) is 5.82. The molecule has 3 heterocycles. The maximum absolute atomic E-state index is 14.5. The maximum Gasteiger partial charge on any atom is 0.408 e. The first kappa shape index (κ1) is 25.6. The normalized spacial score (nSPS) is 28.4. The molecule has 2 aromatic rings. The Hall–Kier alpha value is -1.07. The smallest absolute Gasteiger partial charge is 0.371 e. The van der Waals surface area contributed by atoms with E-state index in [2.05, 4.69) is 30.4 Å². The first-order valence-electron chi connectivity index (χ1n) is 11.0. The number of halogens is 6. The third-order valence-electron chi connectivity index (χ3n) is 7.23. The zero-order valence-corrected chi connectivity index (χ0v) is 21.5. The van der Waals surface area contributed by atoms with Crippen LogP contribution in [0.4, 0.5) is 17.6 Å². The van der Waals surface area contributed by atoms with Crippen molar-refractivity contribution >= 4 is 35.1 Å². The van der Waals surface area contributed by atoms with Gasteiger partial charge in [0.15, 0.2) is 16.3 Å². The van der Waals surface area contributed by atoms with E-state index in [1.165, 1.54) is 0 Å². The van der Waals surface area contributed by atoms with Crippen molar-refractivity contribution in [3.05, 3.63) is 68.4 Å². The molecule has 11 heteroatoms. The Balaban J connectivity index is 1.47. The van der Waals surface area contributed by atoms with Gasteiger partial charge in [-0.25, -0.2) is 9.11 Å². The number of nitrogens with one attached hydrogen (secondary N) is 1. The fourth-order valence-corrected chi connectivity index (χ4v) is 6.70. The molecule has 2 atom stereocenters. The van der Waals surface area contributed by atoms with Crippen molar-refractivity contribution in [2.24, 2.45) is 0 Å². The number of hydrogen-bond donors (Lipinski definition) is 2. The van der Waals surface area contributed by atoms with Crippen LogP contribution in [0, 0.1) is 5.82 Å². The molecule has 0 aromatic heterocycles. The summed E-state index contributed by atoms with van der Waals surface area (Å²) in [5.41, 5.74) is -0.639. The lowest BCUT2D eigenvalue weighted by molar-refractivity contribution is -0.172. The zero-order chi connectivity index (χ0) is 25.6. The molecule has 3 aliphatic rings. The van der Waals surface area contributed by atoms with E-state index in [0.29, 0.717) is 24.1 Å². The standard InChI is InChI=1S/C24H24Cl2F4N2O2S/c1-20(2,3)32-11-21(12-32)16-5-4-14(6-13(16)9-34-21)23(33)10-22(35-31-23,24(28,29)30)15-7-17(25)19(27)18(26)8-15/h4-8,31,33H,9-12H2,1-3H3. The maximum atomic E-state index is 14.5. The van der Waals surface area contributed by atoms with Gasteiger partial charge in [0.25, 0.3) is 0 Å². The molecular weight excluding hydrogens is 527 g/mol. The summed E-state index contributed by atoms with van der Waals surface area (Å²) in [6, 6.07) is 7.00. The van der Waals surface area contributed by atoms with Crippen molar-refractivity contribution < 1.29 is 27.4 Å². The number of aliphatic hydroxyl groups is 1. The van der Waals surface area contributed by atoms with Gasteiger partial charge in [-0.1, -0.05) is 47.3 Å². The number of benzene rings is 2. The molecule has 0 aliphatic carbocycles. The van der Waals surface area contributed by atoms with Gasteiger partial charge in [-0.2, -0.15) is 13.2 Å². The molecule has 1 spiro atoms. The first-order valence-corrected chi connectivity index (χ1v) is 12.6. The lowest BCUT2D eigenvalue weighted by Crippen LogP contribution is -2.64. The molecule has 0 amide bonds. The van der Waals surface area contributed by atoms with Crippen LogP contribution in [0.2, 0.25) is 10.0 Å². The minimum Gasteiger partial charge on any atom is -0.371 e. The van der Waals surface area contributed by atoms with E-state index in [4.69, 9.17) is 27.9 Å². The fourth-order valence-electron chi connectivity index (χ4n) is 5.05. The highest BCUT2D eigenvalue weighted by Gasteiger charge is 2.65. The third kappa shape index (κ3) is 3.90. The molecule has 2 unspecified atom stereocenters. The highest BCUT2D eigenvalue weighted by molar-refractivity contribution is 7.98. The summed E-state index contributed by atoms with van der Waals surface area (Å²) < 4.78 is 63.4. The molecule has 5 rings (SSSR count). The Bertz CT molecular complexity index is 1180. The lowest BCUT2D eigenvalue weighted by atomic mass is 9.80. The average Bonchev–Trinajstić information content (AvgIpc) is 3.29. The predicted octanol–water partition coefficient (Wildman–Crippen LogP) is 6.22. The topological polar surface area (TPSA) is 44.7 Å². The number of alkyl halides is 3. The highest BCUT2D eigenvalue weighted by atomic mass is 35.5. The van der Waals surface area contributed by atoms with Gasteiger partial charge >= 0.3 is 6.18 Å². The van der Waals surface area contributed by atoms with E-state index in [9.17, 15) is 22.7 Å². The first-order chi connectivity index (χ1) is 16.1. The van der Waals surface area contributed by atoms with Crippen molar-refractivity contribution in [1.29, 1.82) is 0 Å². The second-order valence-electron chi connectivity index (χ2n) is 10.5. The van der Waals surface area contributed by atoms with Crippen LogP contribution in [-0.2, 0) is 27.4 Å². The molecule has 35 heavy (non-hydrogen) atoms. The SMILES string of the molecule is CC(C)(C)N1CC2(C1)OCc1cc(C3(O)CC(c4cc(Cl)c(F)c(Cl)c4)(C(F)(F)F)SN3)ccc12. The summed E-state index contributed by atoms with van der Waals surface area (Å²) in [6.45, 7) is 8.16. The van der Waals surface area contributed by atoms with Crippen molar-refractivity contribution in [3.63, 3.8) is 0 Å². The van der Waals surface area contributed by atoms with Crippen LogP contribution < -0.4 is 4.72 Å². The van der Waals surface area contributed by atoms with Crippen LogP contribution >= 0.6 is 35.1 Å². The van der Waals surface area contributed by atoms with Crippen LogP contribution in [0.3, 0.4) is 0 Å². The summed E-state index contributed by atoms with van der Waals surface area (Å²) in [4.78, 5) is 2.30. The summed E-state index contributed by atoms with van der Waals surface area (Å²) >= 11 is 11.9. The zero-order valence-electron chi connectivity index (χ0n) is 19.2. The van der Waals surface area contributed by atoms with Crippen LogP contribution in [0.25, 0.3) is 0 Å². The van der Waals surface area contributed by atoms with Crippen LogP contribution in [0.15, 0.2) is 30.3 Å². The molecule has 4 nitrogen and oxygen atoms in total. The lowest BCUT2D eigenvalue weighted by Gasteiger charge is -2.53. The van der Waals surface area contributed by atoms with E-state index in [0.717, 1.165) is 36.3 Å².